The van der Waals surface area contributed by atoms with E-state index in [1.165, 1.54) is 12.1 Å². The number of non-ortho nitro benzene ring substituents is 1. The number of fused-ring (bicyclic) bond motifs is 1. The van der Waals surface area contributed by atoms with Crippen LogP contribution < -0.4 is 0 Å². The molecule has 0 bridgehead atoms. The van der Waals surface area contributed by atoms with Gasteiger partial charge in [0.2, 0.25) is 0 Å². The topological polar surface area (TPSA) is 111 Å². The molecule has 0 aliphatic carbocycles. The number of nitro benzene ring substituents is 1. The molecule has 8 nitrogen and oxygen atoms in total. The first kappa shape index (κ1) is 13.2. The Morgan fingerprint density at radius 2 is 2.29 bits per heavy atom. The van der Waals surface area contributed by atoms with Crippen molar-refractivity contribution in [1.29, 1.82) is 0 Å². The minimum atomic E-state index is -0.922. The fourth-order valence-corrected chi connectivity index (χ4v) is 2.47. The Bertz CT molecular complexity index is 725. The van der Waals surface area contributed by atoms with Crippen molar-refractivity contribution in [3.8, 4) is 11.4 Å². The number of nitro groups is 1. The molecule has 21 heavy (non-hydrogen) atoms. The second-order valence-electron chi connectivity index (χ2n) is 4.86. The molecule has 2 heterocycles. The predicted octanol–water partition coefficient (Wildman–Crippen LogP) is 1.82. The van der Waals surface area contributed by atoms with Crippen LogP contribution in [0.25, 0.3) is 11.4 Å². The Balaban J connectivity index is 2.03. The first-order valence-corrected chi connectivity index (χ1v) is 6.48. The second-order valence-corrected chi connectivity index (χ2v) is 4.86. The number of carboxylic acid groups (broad SMARTS) is 1. The maximum Gasteiger partial charge on any atom is 0.314 e. The van der Waals surface area contributed by atoms with Crippen molar-refractivity contribution in [2.75, 3.05) is 0 Å². The standard InChI is InChI=1S/C13H12N4O4/c18-13(19)10-5-2-6-16-12(10)14-11(15-16)8-3-1-4-9(7-8)17(20)21/h1,3-4,7,10H,2,5-6H2,(H,18,19). The van der Waals surface area contributed by atoms with Crippen LogP contribution in [0.1, 0.15) is 24.6 Å². The Morgan fingerprint density at radius 1 is 1.48 bits per heavy atom. The molecule has 1 atom stereocenters. The highest BCUT2D eigenvalue weighted by molar-refractivity contribution is 5.75. The minimum Gasteiger partial charge on any atom is -0.481 e. The van der Waals surface area contributed by atoms with Gasteiger partial charge >= 0.3 is 5.97 Å². The molecule has 3 rings (SSSR count). The van der Waals surface area contributed by atoms with Gasteiger partial charge in [0.05, 0.1) is 4.92 Å². The van der Waals surface area contributed by atoms with Crippen molar-refractivity contribution in [2.24, 2.45) is 0 Å². The maximum atomic E-state index is 11.2. The molecule has 1 aliphatic heterocycles. The average molecular weight is 288 g/mol. The number of nitrogens with zero attached hydrogens (tertiary/aromatic N) is 4. The predicted molar refractivity (Wildman–Crippen MR) is 71.7 cm³/mol. The summed E-state index contributed by atoms with van der Waals surface area (Å²) in [7, 11) is 0. The number of aromatic nitrogens is 3. The lowest BCUT2D eigenvalue weighted by Crippen LogP contribution is -2.22. The molecule has 1 N–H and O–H groups in total. The van der Waals surface area contributed by atoms with Gasteiger partial charge in [-0.2, -0.15) is 5.10 Å². The number of rotatable bonds is 3. The lowest BCUT2D eigenvalue weighted by Gasteiger charge is -2.17. The van der Waals surface area contributed by atoms with Crippen molar-refractivity contribution < 1.29 is 14.8 Å². The highest BCUT2D eigenvalue weighted by Gasteiger charge is 2.30. The Kier molecular flexibility index (Phi) is 3.13. The van der Waals surface area contributed by atoms with Crippen LogP contribution in [0, 0.1) is 10.1 Å². The lowest BCUT2D eigenvalue weighted by atomic mass is 10.00. The first-order valence-electron chi connectivity index (χ1n) is 6.48. The third kappa shape index (κ3) is 2.35. The molecule has 108 valence electrons. The van der Waals surface area contributed by atoms with Crippen molar-refractivity contribution >= 4 is 11.7 Å². The highest BCUT2D eigenvalue weighted by Crippen LogP contribution is 2.29. The fraction of sp³-hybridized carbons (Fsp3) is 0.308. The highest BCUT2D eigenvalue weighted by atomic mass is 16.6. The van der Waals surface area contributed by atoms with Crippen molar-refractivity contribution in [2.45, 2.75) is 25.3 Å². The van der Waals surface area contributed by atoms with Crippen LogP contribution >= 0.6 is 0 Å². The van der Waals surface area contributed by atoms with E-state index in [0.29, 0.717) is 30.2 Å². The minimum absolute atomic E-state index is 0.0462. The fourth-order valence-electron chi connectivity index (χ4n) is 2.47. The van der Waals surface area contributed by atoms with E-state index in [1.807, 2.05) is 0 Å². The van der Waals surface area contributed by atoms with E-state index in [1.54, 1.807) is 16.8 Å². The van der Waals surface area contributed by atoms with E-state index >= 15 is 0 Å². The van der Waals surface area contributed by atoms with E-state index in [9.17, 15) is 20.0 Å². The molecule has 0 spiro atoms. The molecule has 0 saturated heterocycles. The van der Waals surface area contributed by atoms with Crippen LogP contribution in [-0.4, -0.2) is 30.8 Å². The molecule has 0 fully saturated rings. The molecule has 2 aromatic rings. The molecule has 1 aromatic carbocycles. The van der Waals surface area contributed by atoms with Gasteiger partial charge in [-0.25, -0.2) is 9.67 Å². The Morgan fingerprint density at radius 3 is 3.00 bits per heavy atom. The normalized spacial score (nSPS) is 17.2. The summed E-state index contributed by atoms with van der Waals surface area (Å²) in [6.07, 6.45) is 1.25. The number of carbonyl (C=O) groups is 1. The van der Waals surface area contributed by atoms with Gasteiger partial charge in [0.25, 0.3) is 5.69 Å². The summed E-state index contributed by atoms with van der Waals surface area (Å²) in [6, 6.07) is 6.00. The van der Waals surface area contributed by atoms with Crippen molar-refractivity contribution in [3.05, 3.63) is 40.2 Å². The van der Waals surface area contributed by atoms with Crippen LogP contribution in [0.4, 0.5) is 5.69 Å². The number of hydrogen-bond donors (Lipinski definition) is 1. The largest absolute Gasteiger partial charge is 0.481 e. The Labute approximate surface area is 119 Å². The summed E-state index contributed by atoms with van der Waals surface area (Å²) in [4.78, 5) is 25.8. The first-order chi connectivity index (χ1) is 10.1. The molecule has 0 amide bonds. The van der Waals surface area contributed by atoms with Crippen molar-refractivity contribution in [1.82, 2.24) is 14.8 Å². The molecule has 1 aromatic heterocycles. The van der Waals surface area contributed by atoms with Crippen LogP contribution in [0.15, 0.2) is 24.3 Å². The average Bonchev–Trinajstić information content (AvgIpc) is 2.91. The quantitative estimate of drug-likeness (QED) is 0.681. The third-order valence-electron chi connectivity index (χ3n) is 3.49. The van der Waals surface area contributed by atoms with Gasteiger partial charge in [-0.3, -0.25) is 14.9 Å². The molecule has 0 radical (unpaired) electrons. The van der Waals surface area contributed by atoms with Gasteiger partial charge < -0.3 is 5.11 Å². The van der Waals surface area contributed by atoms with E-state index < -0.39 is 16.8 Å². The maximum absolute atomic E-state index is 11.2. The molecule has 1 unspecified atom stereocenters. The molecular weight excluding hydrogens is 276 g/mol. The van der Waals surface area contributed by atoms with E-state index in [0.717, 1.165) is 6.42 Å². The number of aliphatic carboxylic acids is 1. The summed E-state index contributed by atoms with van der Waals surface area (Å²) < 4.78 is 1.58. The number of aryl methyl sites for hydroxylation is 1. The van der Waals surface area contributed by atoms with Gasteiger partial charge in [0.1, 0.15) is 11.7 Å². The van der Waals surface area contributed by atoms with Gasteiger partial charge in [0, 0.05) is 24.2 Å². The molecule has 8 heteroatoms. The summed E-state index contributed by atoms with van der Waals surface area (Å²) in [5.41, 5.74) is 0.463. The van der Waals surface area contributed by atoms with E-state index in [4.69, 9.17) is 0 Å². The second kappa shape index (κ2) is 4.97. The number of hydrogen-bond acceptors (Lipinski definition) is 5. The molecule has 0 saturated carbocycles. The summed E-state index contributed by atoms with van der Waals surface area (Å²) in [6.45, 7) is 0.612. The van der Waals surface area contributed by atoms with E-state index in [-0.39, 0.29) is 5.69 Å². The van der Waals surface area contributed by atoms with Gasteiger partial charge in [-0.05, 0) is 12.8 Å². The van der Waals surface area contributed by atoms with Crippen molar-refractivity contribution in [3.63, 3.8) is 0 Å². The van der Waals surface area contributed by atoms with Crippen LogP contribution in [0.3, 0.4) is 0 Å². The zero-order chi connectivity index (χ0) is 15.0. The lowest BCUT2D eigenvalue weighted by molar-refractivity contribution is -0.384. The van der Waals surface area contributed by atoms with Gasteiger partial charge in [0.15, 0.2) is 5.82 Å². The summed E-state index contributed by atoms with van der Waals surface area (Å²) >= 11 is 0. The zero-order valence-corrected chi connectivity index (χ0v) is 11.0. The molecule has 1 aliphatic rings. The van der Waals surface area contributed by atoms with Crippen LogP contribution in [0.5, 0.6) is 0 Å². The summed E-state index contributed by atoms with van der Waals surface area (Å²) in [5.74, 6) is -0.857. The third-order valence-corrected chi connectivity index (χ3v) is 3.49. The van der Waals surface area contributed by atoms with Crippen LogP contribution in [0.2, 0.25) is 0 Å². The number of benzene rings is 1. The SMILES string of the molecule is O=C(O)C1CCCn2nc(-c3cccc([N+](=O)[O-])c3)nc21. The van der Waals surface area contributed by atoms with E-state index in [2.05, 4.69) is 10.1 Å². The van der Waals surface area contributed by atoms with Gasteiger partial charge in [-0.1, -0.05) is 12.1 Å². The van der Waals surface area contributed by atoms with Crippen LogP contribution in [-0.2, 0) is 11.3 Å². The zero-order valence-electron chi connectivity index (χ0n) is 11.0. The number of carboxylic acids is 1. The molecular formula is C13H12N4O4. The smallest absolute Gasteiger partial charge is 0.314 e. The Hall–Kier alpha value is -2.77. The monoisotopic (exact) mass is 288 g/mol. The van der Waals surface area contributed by atoms with Gasteiger partial charge in [-0.15, -0.1) is 0 Å². The summed E-state index contributed by atoms with van der Waals surface area (Å²) in [5, 5.41) is 24.3.